The van der Waals surface area contributed by atoms with Crippen molar-refractivity contribution in [3.05, 3.63) is 29.0 Å². The highest BCUT2D eigenvalue weighted by Crippen LogP contribution is 2.17. The van der Waals surface area contributed by atoms with Crippen molar-refractivity contribution >= 4 is 11.6 Å². The molecule has 0 amide bonds. The molecule has 1 aromatic rings. The molecule has 0 saturated heterocycles. The number of rotatable bonds is 3. The Labute approximate surface area is 77.8 Å². The van der Waals surface area contributed by atoms with Crippen LogP contribution >= 0.6 is 11.6 Å². The fourth-order valence-electron chi connectivity index (χ4n) is 1.11. The largest absolute Gasteiger partial charge is 0.324 e. The molecule has 1 aromatic heterocycles. The van der Waals surface area contributed by atoms with Gasteiger partial charge in [0.05, 0.1) is 5.02 Å². The highest BCUT2D eigenvalue weighted by Gasteiger charge is 2.04. The number of nitrogens with zero attached hydrogens (tertiary/aromatic N) is 1. The van der Waals surface area contributed by atoms with Gasteiger partial charge < -0.3 is 5.73 Å². The Balaban J connectivity index is 2.73. The average molecular weight is 185 g/mol. The summed E-state index contributed by atoms with van der Waals surface area (Å²) < 4.78 is 0. The van der Waals surface area contributed by atoms with Gasteiger partial charge in [-0.2, -0.15) is 0 Å². The first-order valence-corrected chi connectivity index (χ1v) is 4.48. The van der Waals surface area contributed by atoms with Crippen LogP contribution in [0.5, 0.6) is 0 Å². The van der Waals surface area contributed by atoms with Gasteiger partial charge in [-0.3, -0.25) is 4.98 Å². The van der Waals surface area contributed by atoms with Crippen LogP contribution in [0.1, 0.15) is 31.4 Å². The third kappa shape index (κ3) is 2.47. The van der Waals surface area contributed by atoms with Gasteiger partial charge in [0.2, 0.25) is 0 Å². The summed E-state index contributed by atoms with van der Waals surface area (Å²) in [5.41, 5.74) is 6.89. The maximum atomic E-state index is 5.88. The minimum Gasteiger partial charge on any atom is -0.324 e. The van der Waals surface area contributed by atoms with Crippen LogP contribution in [0.4, 0.5) is 0 Å². The molecule has 0 aromatic carbocycles. The maximum absolute atomic E-state index is 5.88. The Morgan fingerprint density at radius 1 is 1.58 bits per heavy atom. The lowest BCUT2D eigenvalue weighted by Crippen LogP contribution is -2.09. The predicted molar refractivity (Wildman–Crippen MR) is 51.1 cm³/mol. The Kier molecular flexibility index (Phi) is 3.50. The van der Waals surface area contributed by atoms with Crippen LogP contribution in [0.15, 0.2) is 18.5 Å². The number of pyridine rings is 1. The van der Waals surface area contributed by atoms with Gasteiger partial charge in [0.15, 0.2) is 0 Å². The zero-order chi connectivity index (χ0) is 8.97. The van der Waals surface area contributed by atoms with Crippen LogP contribution < -0.4 is 5.73 Å². The van der Waals surface area contributed by atoms with Gasteiger partial charge in [0, 0.05) is 18.4 Å². The first-order chi connectivity index (χ1) is 5.74. The van der Waals surface area contributed by atoms with E-state index in [4.69, 9.17) is 17.3 Å². The lowest BCUT2D eigenvalue weighted by molar-refractivity contribution is 0.636. The number of hydrogen-bond acceptors (Lipinski definition) is 2. The highest BCUT2D eigenvalue weighted by atomic mass is 35.5. The van der Waals surface area contributed by atoms with Crippen molar-refractivity contribution in [1.82, 2.24) is 4.98 Å². The van der Waals surface area contributed by atoms with Crippen molar-refractivity contribution in [2.24, 2.45) is 5.73 Å². The van der Waals surface area contributed by atoms with E-state index in [-0.39, 0.29) is 6.04 Å². The second kappa shape index (κ2) is 4.43. The molecule has 2 nitrogen and oxygen atoms in total. The third-order valence-electron chi connectivity index (χ3n) is 1.75. The number of aromatic nitrogens is 1. The van der Waals surface area contributed by atoms with Crippen molar-refractivity contribution in [2.45, 2.75) is 25.8 Å². The smallest absolute Gasteiger partial charge is 0.0592 e. The van der Waals surface area contributed by atoms with E-state index < -0.39 is 0 Å². The molecule has 0 saturated carbocycles. The summed E-state index contributed by atoms with van der Waals surface area (Å²) in [5, 5.41) is 0.652. The first-order valence-electron chi connectivity index (χ1n) is 4.10. The van der Waals surface area contributed by atoms with Gasteiger partial charge in [-0.1, -0.05) is 24.9 Å². The lowest BCUT2D eigenvalue weighted by Gasteiger charge is -2.09. The van der Waals surface area contributed by atoms with Gasteiger partial charge >= 0.3 is 0 Å². The average Bonchev–Trinajstić information content (AvgIpc) is 2.05. The van der Waals surface area contributed by atoms with E-state index in [2.05, 4.69) is 11.9 Å². The molecule has 1 rings (SSSR count). The molecule has 0 aliphatic rings. The molecule has 0 spiro atoms. The van der Waals surface area contributed by atoms with E-state index in [0.29, 0.717) is 5.02 Å². The van der Waals surface area contributed by atoms with E-state index in [9.17, 15) is 0 Å². The third-order valence-corrected chi connectivity index (χ3v) is 1.96. The van der Waals surface area contributed by atoms with E-state index in [1.54, 1.807) is 12.4 Å². The van der Waals surface area contributed by atoms with Crippen LogP contribution in [-0.2, 0) is 0 Å². The monoisotopic (exact) mass is 184 g/mol. The molecule has 0 aliphatic carbocycles. The van der Waals surface area contributed by atoms with Gasteiger partial charge in [-0.25, -0.2) is 0 Å². The van der Waals surface area contributed by atoms with E-state index >= 15 is 0 Å². The second-order valence-electron chi connectivity index (χ2n) is 2.83. The summed E-state index contributed by atoms with van der Waals surface area (Å²) in [4.78, 5) is 3.98. The van der Waals surface area contributed by atoms with Crippen molar-refractivity contribution < 1.29 is 0 Å². The van der Waals surface area contributed by atoms with Gasteiger partial charge in [-0.15, -0.1) is 0 Å². The zero-order valence-electron chi connectivity index (χ0n) is 7.13. The number of hydrogen-bond donors (Lipinski definition) is 1. The quantitative estimate of drug-likeness (QED) is 0.784. The van der Waals surface area contributed by atoms with Crippen LogP contribution in [0.2, 0.25) is 5.02 Å². The fourth-order valence-corrected chi connectivity index (χ4v) is 1.29. The lowest BCUT2D eigenvalue weighted by atomic mass is 10.1. The molecule has 0 radical (unpaired) electrons. The van der Waals surface area contributed by atoms with Crippen LogP contribution in [0.25, 0.3) is 0 Å². The Hall–Kier alpha value is -0.600. The second-order valence-corrected chi connectivity index (χ2v) is 3.27. The molecule has 12 heavy (non-hydrogen) atoms. The highest BCUT2D eigenvalue weighted by molar-refractivity contribution is 6.30. The SMILES string of the molecule is CCCC(N)c1cncc(Cl)c1. The van der Waals surface area contributed by atoms with Crippen molar-refractivity contribution in [1.29, 1.82) is 0 Å². The van der Waals surface area contributed by atoms with Crippen LogP contribution in [-0.4, -0.2) is 4.98 Å². The molecule has 3 heteroatoms. The summed E-state index contributed by atoms with van der Waals surface area (Å²) in [7, 11) is 0. The summed E-state index contributed by atoms with van der Waals surface area (Å²) in [6.45, 7) is 2.11. The van der Waals surface area contributed by atoms with Crippen molar-refractivity contribution in [3.63, 3.8) is 0 Å². The Bertz CT molecular complexity index is 250. The van der Waals surface area contributed by atoms with Gasteiger partial charge in [-0.05, 0) is 18.1 Å². The fraction of sp³-hybridized carbons (Fsp3) is 0.444. The Morgan fingerprint density at radius 3 is 2.92 bits per heavy atom. The zero-order valence-corrected chi connectivity index (χ0v) is 7.88. The minimum absolute atomic E-state index is 0.0706. The molecule has 66 valence electrons. The topological polar surface area (TPSA) is 38.9 Å². The molecule has 0 aliphatic heterocycles. The van der Waals surface area contributed by atoms with Crippen molar-refractivity contribution in [2.75, 3.05) is 0 Å². The van der Waals surface area contributed by atoms with E-state index in [1.165, 1.54) is 0 Å². The molecule has 0 bridgehead atoms. The summed E-state index contributed by atoms with van der Waals surface area (Å²) in [6.07, 6.45) is 5.44. The maximum Gasteiger partial charge on any atom is 0.0592 e. The minimum atomic E-state index is 0.0706. The summed E-state index contributed by atoms with van der Waals surface area (Å²) >= 11 is 5.77. The molecule has 0 fully saturated rings. The normalized spacial score (nSPS) is 12.9. The van der Waals surface area contributed by atoms with Crippen LogP contribution in [0.3, 0.4) is 0 Å². The standard InChI is InChI=1S/C9H13ClN2/c1-2-3-9(11)7-4-8(10)6-12-5-7/h4-6,9H,2-3,11H2,1H3. The molecular formula is C9H13ClN2. The predicted octanol–water partition coefficient (Wildman–Crippen LogP) is 2.53. The molecule has 2 N–H and O–H groups in total. The number of nitrogens with two attached hydrogens (primary N) is 1. The molecular weight excluding hydrogens is 172 g/mol. The van der Waals surface area contributed by atoms with Gasteiger partial charge in [0.1, 0.15) is 0 Å². The molecule has 1 atom stereocenters. The Morgan fingerprint density at radius 2 is 2.33 bits per heavy atom. The van der Waals surface area contributed by atoms with Crippen molar-refractivity contribution in [3.8, 4) is 0 Å². The summed E-state index contributed by atoms with van der Waals surface area (Å²) in [6, 6.07) is 1.94. The number of halogens is 1. The molecule has 1 heterocycles. The van der Waals surface area contributed by atoms with Gasteiger partial charge in [0.25, 0.3) is 0 Å². The van der Waals surface area contributed by atoms with E-state index in [0.717, 1.165) is 18.4 Å². The van der Waals surface area contributed by atoms with Crippen LogP contribution in [0, 0.1) is 0 Å². The van der Waals surface area contributed by atoms with E-state index in [1.807, 2.05) is 6.07 Å². The first kappa shape index (κ1) is 9.49. The molecule has 1 unspecified atom stereocenters. The summed E-state index contributed by atoms with van der Waals surface area (Å²) in [5.74, 6) is 0.